The van der Waals surface area contributed by atoms with E-state index in [9.17, 15) is 27.6 Å². The highest BCUT2D eigenvalue weighted by Crippen LogP contribution is 2.30. The van der Waals surface area contributed by atoms with Crippen LogP contribution < -0.4 is 20.7 Å². The minimum absolute atomic E-state index is 0.198. The van der Waals surface area contributed by atoms with Gasteiger partial charge in [0.2, 0.25) is 5.91 Å². The van der Waals surface area contributed by atoms with Gasteiger partial charge in [-0.3, -0.25) is 14.4 Å². The fourth-order valence-corrected chi connectivity index (χ4v) is 2.11. The van der Waals surface area contributed by atoms with Crippen molar-refractivity contribution < 1.29 is 32.3 Å². The van der Waals surface area contributed by atoms with E-state index in [0.717, 1.165) is 12.1 Å². The number of anilines is 2. The Morgan fingerprint density at radius 2 is 1.57 bits per heavy atom. The Bertz CT molecular complexity index is 884. The molecule has 28 heavy (non-hydrogen) atoms. The van der Waals surface area contributed by atoms with Gasteiger partial charge >= 0.3 is 18.0 Å². The van der Waals surface area contributed by atoms with Crippen molar-refractivity contribution in [3.63, 3.8) is 0 Å². The first kappa shape index (κ1) is 20.7. The van der Waals surface area contributed by atoms with Gasteiger partial charge in [0.25, 0.3) is 0 Å². The van der Waals surface area contributed by atoms with Crippen LogP contribution >= 0.6 is 0 Å². The molecule has 2 aromatic carbocycles. The number of alkyl halides is 3. The van der Waals surface area contributed by atoms with E-state index in [1.807, 2.05) is 5.32 Å². The molecule has 0 bridgehead atoms. The monoisotopic (exact) mass is 395 g/mol. The van der Waals surface area contributed by atoms with Gasteiger partial charge in [-0.05, 0) is 30.3 Å². The molecule has 2 rings (SSSR count). The molecule has 10 heteroatoms. The van der Waals surface area contributed by atoms with E-state index in [0.29, 0.717) is 17.5 Å². The Kier molecular flexibility index (Phi) is 6.59. The molecule has 7 nitrogen and oxygen atoms in total. The minimum atomic E-state index is -4.58. The lowest BCUT2D eigenvalue weighted by Gasteiger charge is -2.10. The SMILES string of the molecule is COc1cccc(NC(=O)CNC(=O)C(=O)Nc2cccc(C(F)(F)F)c2)c1. The lowest BCUT2D eigenvalue weighted by Crippen LogP contribution is -2.39. The summed E-state index contributed by atoms with van der Waals surface area (Å²) in [6.07, 6.45) is -4.58. The molecule has 0 spiro atoms. The van der Waals surface area contributed by atoms with Crippen molar-refractivity contribution >= 4 is 29.1 Å². The first-order chi connectivity index (χ1) is 13.2. The molecule has 0 aliphatic carbocycles. The van der Waals surface area contributed by atoms with Crippen molar-refractivity contribution in [3.8, 4) is 5.75 Å². The standard InChI is InChI=1S/C18H16F3N3O4/c1-28-14-7-3-6-13(9-14)23-15(25)10-22-16(26)17(27)24-12-5-2-4-11(8-12)18(19,20)21/h2-9H,10H2,1H3,(H,22,26)(H,23,25)(H,24,27). The normalized spacial score (nSPS) is 10.7. The van der Waals surface area contributed by atoms with Crippen molar-refractivity contribution in [1.82, 2.24) is 5.32 Å². The lowest BCUT2D eigenvalue weighted by atomic mass is 10.2. The molecule has 0 saturated heterocycles. The summed E-state index contributed by atoms with van der Waals surface area (Å²) in [5.74, 6) is -2.46. The highest BCUT2D eigenvalue weighted by Gasteiger charge is 2.30. The summed E-state index contributed by atoms with van der Waals surface area (Å²) >= 11 is 0. The van der Waals surface area contributed by atoms with Crippen molar-refractivity contribution in [3.05, 3.63) is 54.1 Å². The summed E-state index contributed by atoms with van der Waals surface area (Å²) in [6.45, 7) is -0.508. The molecule has 0 fully saturated rings. The predicted molar refractivity (Wildman–Crippen MR) is 94.7 cm³/mol. The van der Waals surface area contributed by atoms with Crippen LogP contribution in [0.1, 0.15) is 5.56 Å². The Morgan fingerprint density at radius 3 is 2.21 bits per heavy atom. The first-order valence-electron chi connectivity index (χ1n) is 7.89. The van der Waals surface area contributed by atoms with Crippen LogP contribution in [-0.2, 0) is 20.6 Å². The number of nitrogens with one attached hydrogen (secondary N) is 3. The predicted octanol–water partition coefficient (Wildman–Crippen LogP) is 2.41. The number of amides is 3. The van der Waals surface area contributed by atoms with Gasteiger partial charge in [-0.15, -0.1) is 0 Å². The van der Waals surface area contributed by atoms with E-state index in [4.69, 9.17) is 4.74 Å². The van der Waals surface area contributed by atoms with Gasteiger partial charge in [0, 0.05) is 17.4 Å². The number of rotatable bonds is 5. The zero-order valence-electron chi connectivity index (χ0n) is 14.6. The molecule has 3 amide bonds. The van der Waals surface area contributed by atoms with Crippen LogP contribution in [0.15, 0.2) is 48.5 Å². The van der Waals surface area contributed by atoms with Gasteiger partial charge in [-0.2, -0.15) is 13.2 Å². The molecule has 0 saturated carbocycles. The van der Waals surface area contributed by atoms with Crippen molar-refractivity contribution in [2.45, 2.75) is 6.18 Å². The summed E-state index contributed by atoms with van der Waals surface area (Å²) in [6, 6.07) is 10.3. The lowest BCUT2D eigenvalue weighted by molar-refractivity contribution is -0.137. The fraction of sp³-hybridized carbons (Fsp3) is 0.167. The zero-order chi connectivity index (χ0) is 20.7. The van der Waals surface area contributed by atoms with Gasteiger partial charge in [-0.25, -0.2) is 0 Å². The number of hydrogen-bond donors (Lipinski definition) is 3. The van der Waals surface area contributed by atoms with E-state index >= 15 is 0 Å². The third kappa shape index (κ3) is 6.01. The van der Waals surface area contributed by atoms with Crippen LogP contribution in [0.2, 0.25) is 0 Å². The Balaban J connectivity index is 1.87. The average Bonchev–Trinajstić information content (AvgIpc) is 2.65. The van der Waals surface area contributed by atoms with E-state index in [1.54, 1.807) is 24.3 Å². The summed E-state index contributed by atoms with van der Waals surface area (Å²) in [5.41, 5.74) is -0.744. The minimum Gasteiger partial charge on any atom is -0.497 e. The molecule has 0 atom stereocenters. The number of hydrogen-bond acceptors (Lipinski definition) is 4. The second kappa shape index (κ2) is 8.89. The molecule has 0 heterocycles. The molecular weight excluding hydrogens is 379 g/mol. The summed E-state index contributed by atoms with van der Waals surface area (Å²) in [4.78, 5) is 35.3. The highest BCUT2D eigenvalue weighted by atomic mass is 19.4. The van der Waals surface area contributed by atoms with Crippen LogP contribution in [-0.4, -0.2) is 31.4 Å². The number of ether oxygens (including phenoxy) is 1. The molecule has 148 valence electrons. The molecular formula is C18H16F3N3O4. The van der Waals surface area contributed by atoms with Crippen LogP contribution in [0.25, 0.3) is 0 Å². The summed E-state index contributed by atoms with van der Waals surface area (Å²) in [7, 11) is 1.46. The second-order valence-corrected chi connectivity index (χ2v) is 5.50. The quantitative estimate of drug-likeness (QED) is 0.678. The number of carbonyl (C=O) groups is 3. The number of halogens is 3. The van der Waals surface area contributed by atoms with Crippen molar-refractivity contribution in [2.75, 3.05) is 24.3 Å². The van der Waals surface area contributed by atoms with Gasteiger partial charge < -0.3 is 20.7 Å². The number of benzene rings is 2. The Morgan fingerprint density at radius 1 is 0.929 bits per heavy atom. The largest absolute Gasteiger partial charge is 0.497 e. The van der Waals surface area contributed by atoms with Gasteiger partial charge in [0.05, 0.1) is 19.2 Å². The highest BCUT2D eigenvalue weighted by molar-refractivity contribution is 6.39. The average molecular weight is 395 g/mol. The van der Waals surface area contributed by atoms with Gasteiger partial charge in [-0.1, -0.05) is 12.1 Å². The van der Waals surface area contributed by atoms with Crippen LogP contribution in [0.5, 0.6) is 5.75 Å². The smallest absolute Gasteiger partial charge is 0.416 e. The maximum atomic E-state index is 12.7. The maximum absolute atomic E-state index is 12.7. The van der Waals surface area contributed by atoms with E-state index in [-0.39, 0.29) is 5.69 Å². The maximum Gasteiger partial charge on any atom is 0.416 e. The summed E-state index contributed by atoms with van der Waals surface area (Å²) < 4.78 is 43.0. The van der Waals surface area contributed by atoms with Gasteiger partial charge in [0.1, 0.15) is 5.75 Å². The first-order valence-corrected chi connectivity index (χ1v) is 7.89. The van der Waals surface area contributed by atoms with E-state index < -0.39 is 36.0 Å². The third-order valence-electron chi connectivity index (χ3n) is 3.42. The second-order valence-electron chi connectivity index (χ2n) is 5.50. The number of carbonyl (C=O) groups excluding carboxylic acids is 3. The molecule has 0 unspecified atom stereocenters. The van der Waals surface area contributed by atoms with Crippen molar-refractivity contribution in [1.29, 1.82) is 0 Å². The van der Waals surface area contributed by atoms with E-state index in [1.165, 1.54) is 13.2 Å². The van der Waals surface area contributed by atoms with Crippen molar-refractivity contribution in [2.24, 2.45) is 0 Å². The Labute approximate surface area is 157 Å². The molecule has 3 N–H and O–H groups in total. The van der Waals surface area contributed by atoms with Crippen LogP contribution in [0.4, 0.5) is 24.5 Å². The zero-order valence-corrected chi connectivity index (χ0v) is 14.6. The number of methoxy groups -OCH3 is 1. The molecule has 0 radical (unpaired) electrons. The summed E-state index contributed by atoms with van der Waals surface area (Å²) in [5, 5.41) is 6.62. The molecule has 0 aliphatic rings. The fourth-order valence-electron chi connectivity index (χ4n) is 2.11. The molecule has 0 aliphatic heterocycles. The van der Waals surface area contributed by atoms with E-state index in [2.05, 4.69) is 10.6 Å². The Hall–Kier alpha value is -3.56. The molecule has 0 aromatic heterocycles. The van der Waals surface area contributed by atoms with Gasteiger partial charge in [0.15, 0.2) is 0 Å². The topological polar surface area (TPSA) is 96.5 Å². The third-order valence-corrected chi connectivity index (χ3v) is 3.42. The molecule has 2 aromatic rings. The van der Waals surface area contributed by atoms with Crippen LogP contribution in [0.3, 0.4) is 0 Å². The van der Waals surface area contributed by atoms with Crippen LogP contribution in [0, 0.1) is 0 Å².